The fourth-order valence-corrected chi connectivity index (χ4v) is 6.51. The Morgan fingerprint density at radius 2 is 1.52 bits per heavy atom. The molecule has 0 saturated carbocycles. The minimum absolute atomic E-state index is 0.00676. The van der Waals surface area contributed by atoms with Crippen molar-refractivity contribution < 1.29 is 45.1 Å². The second kappa shape index (κ2) is 11.5. The molecule has 2 aromatic rings. The number of fused-ring (bicyclic) bond motifs is 1. The Hall–Kier alpha value is -3.15. The minimum atomic E-state index is -5.01. The van der Waals surface area contributed by atoms with E-state index in [1.165, 1.54) is 31.2 Å². The summed E-state index contributed by atoms with van der Waals surface area (Å²) >= 11 is 0. The Balaban J connectivity index is 1.45. The van der Waals surface area contributed by atoms with Crippen molar-refractivity contribution in [3.63, 3.8) is 0 Å². The van der Waals surface area contributed by atoms with Gasteiger partial charge in [0.25, 0.3) is 0 Å². The van der Waals surface area contributed by atoms with Gasteiger partial charge in [-0.25, -0.2) is 4.39 Å². The second-order valence-electron chi connectivity index (χ2n) is 11.4. The van der Waals surface area contributed by atoms with Gasteiger partial charge in [-0.15, -0.1) is 0 Å². The van der Waals surface area contributed by atoms with Crippen molar-refractivity contribution in [2.45, 2.75) is 75.5 Å². The van der Waals surface area contributed by atoms with E-state index in [-0.39, 0.29) is 36.4 Å². The molecule has 5 rings (SSSR count). The van der Waals surface area contributed by atoms with Crippen LogP contribution in [0, 0.1) is 11.7 Å². The number of rotatable bonds is 5. The van der Waals surface area contributed by atoms with Crippen molar-refractivity contribution in [2.24, 2.45) is 5.92 Å². The summed E-state index contributed by atoms with van der Waals surface area (Å²) in [5.41, 5.74) is -2.61. The van der Waals surface area contributed by atoms with Gasteiger partial charge < -0.3 is 14.5 Å². The molecule has 3 heterocycles. The summed E-state index contributed by atoms with van der Waals surface area (Å²) in [5.74, 6) is -2.01. The molecule has 0 radical (unpaired) electrons. The molecule has 42 heavy (non-hydrogen) atoms. The summed E-state index contributed by atoms with van der Waals surface area (Å²) in [7, 11) is 0. The molecule has 3 fully saturated rings. The molecule has 3 saturated heterocycles. The minimum Gasteiger partial charge on any atom is -0.368 e. The molecule has 12 heteroatoms. The smallest absolute Gasteiger partial charge is 0.368 e. The van der Waals surface area contributed by atoms with Crippen molar-refractivity contribution in [1.82, 2.24) is 9.80 Å². The highest BCUT2D eigenvalue weighted by Crippen LogP contribution is 2.45. The van der Waals surface area contributed by atoms with Gasteiger partial charge in [0.1, 0.15) is 5.82 Å². The zero-order valence-corrected chi connectivity index (χ0v) is 22.8. The number of hydrogen-bond acceptors (Lipinski definition) is 3. The molecule has 2 aromatic carbocycles. The summed E-state index contributed by atoms with van der Waals surface area (Å²) in [6, 6.07) is 6.34. The molecule has 0 N–H and O–H groups in total. The topological polar surface area (TPSA) is 49.9 Å². The number of alkyl halides is 6. The van der Waals surface area contributed by atoms with Crippen LogP contribution in [0.2, 0.25) is 0 Å². The zero-order valence-electron chi connectivity index (χ0n) is 22.8. The van der Waals surface area contributed by atoms with Crippen LogP contribution in [-0.4, -0.2) is 53.4 Å². The number of benzene rings is 2. The molecule has 5 atom stereocenters. The highest BCUT2D eigenvalue weighted by atomic mass is 19.4. The lowest BCUT2D eigenvalue weighted by Crippen LogP contribution is -2.49. The first kappa shape index (κ1) is 30.3. The van der Waals surface area contributed by atoms with Crippen LogP contribution >= 0.6 is 0 Å². The average Bonchev–Trinajstić information content (AvgIpc) is 3.30. The van der Waals surface area contributed by atoms with E-state index in [9.17, 15) is 40.3 Å². The molecule has 3 aliphatic rings. The maximum absolute atomic E-state index is 13.8. The normalized spacial score (nSPS) is 25.9. The van der Waals surface area contributed by atoms with E-state index in [0.717, 1.165) is 19.3 Å². The van der Waals surface area contributed by atoms with E-state index < -0.39 is 59.4 Å². The SMILES string of the molecule is C[C@@H](O[C@H]1CN2C(=O)CC(C(=O)N3CCCCC3)CC2[C@@H]1c1ccc(F)cc1)c1cc(C(F)(F)F)cc(C(F)(F)F)c1. The highest BCUT2D eigenvalue weighted by molar-refractivity contribution is 5.87. The van der Waals surface area contributed by atoms with Crippen LogP contribution in [0.4, 0.5) is 30.7 Å². The van der Waals surface area contributed by atoms with Crippen LogP contribution in [0.25, 0.3) is 0 Å². The third kappa shape index (κ3) is 6.28. The molecule has 2 amide bonds. The van der Waals surface area contributed by atoms with Gasteiger partial charge in [0.2, 0.25) is 11.8 Å². The van der Waals surface area contributed by atoms with E-state index in [4.69, 9.17) is 4.74 Å². The van der Waals surface area contributed by atoms with Crippen LogP contribution in [0.1, 0.15) is 73.3 Å². The monoisotopic (exact) mass is 600 g/mol. The van der Waals surface area contributed by atoms with Gasteiger partial charge in [-0.05, 0) is 74.1 Å². The van der Waals surface area contributed by atoms with Crippen LogP contribution in [0.15, 0.2) is 42.5 Å². The Bertz CT molecular complexity index is 1270. The van der Waals surface area contributed by atoms with E-state index in [1.54, 1.807) is 9.80 Å². The van der Waals surface area contributed by atoms with Gasteiger partial charge in [0, 0.05) is 43.9 Å². The molecule has 0 aliphatic carbocycles. The Morgan fingerprint density at radius 3 is 2.10 bits per heavy atom. The maximum Gasteiger partial charge on any atom is 0.416 e. The molecule has 228 valence electrons. The summed E-state index contributed by atoms with van der Waals surface area (Å²) in [4.78, 5) is 30.0. The predicted octanol–water partition coefficient (Wildman–Crippen LogP) is 6.73. The number of likely N-dealkylation sites (tertiary alicyclic amines) is 1. The third-order valence-corrected chi connectivity index (χ3v) is 8.59. The summed E-state index contributed by atoms with van der Waals surface area (Å²) in [6.07, 6.45) is -8.92. The molecule has 5 nitrogen and oxygen atoms in total. The molecular formula is C30H31F7N2O3. The maximum atomic E-state index is 13.8. The lowest BCUT2D eigenvalue weighted by atomic mass is 9.81. The Kier molecular flexibility index (Phi) is 8.30. The standard InChI is InChI=1S/C30H31F7N2O3/c1-17(19-11-21(29(32,33)34)15-22(12-19)30(35,36)37)42-25-16-39-24(27(25)18-5-7-23(31)8-6-18)13-20(14-26(39)40)28(41)38-9-3-2-4-10-38/h5-8,11-12,15,17,20,24-25,27H,2-4,9-10,13-14,16H2,1H3/t17-,20?,24?,25+,27+/m1/s1. The summed E-state index contributed by atoms with van der Waals surface area (Å²) in [5, 5.41) is 0. The molecule has 0 bridgehead atoms. The first-order chi connectivity index (χ1) is 19.7. The van der Waals surface area contributed by atoms with E-state index >= 15 is 0 Å². The summed E-state index contributed by atoms with van der Waals surface area (Å²) in [6.45, 7) is 2.64. The molecule has 0 aromatic heterocycles. The van der Waals surface area contributed by atoms with Gasteiger partial charge in [-0.2, -0.15) is 26.3 Å². The van der Waals surface area contributed by atoms with Crippen LogP contribution in [-0.2, 0) is 26.7 Å². The van der Waals surface area contributed by atoms with Crippen molar-refractivity contribution in [2.75, 3.05) is 19.6 Å². The quantitative estimate of drug-likeness (QED) is 0.358. The largest absolute Gasteiger partial charge is 0.416 e. The number of carbonyl (C=O) groups is 2. The predicted molar refractivity (Wildman–Crippen MR) is 138 cm³/mol. The van der Waals surface area contributed by atoms with Crippen molar-refractivity contribution in [3.8, 4) is 0 Å². The van der Waals surface area contributed by atoms with Gasteiger partial charge >= 0.3 is 12.4 Å². The average molecular weight is 601 g/mol. The van der Waals surface area contributed by atoms with Gasteiger partial charge in [-0.1, -0.05) is 12.1 Å². The van der Waals surface area contributed by atoms with Crippen LogP contribution in [0.5, 0.6) is 0 Å². The number of halogens is 7. The zero-order chi connectivity index (χ0) is 30.4. The van der Waals surface area contributed by atoms with E-state index in [2.05, 4.69) is 0 Å². The molecule has 2 unspecified atom stereocenters. The van der Waals surface area contributed by atoms with Gasteiger partial charge in [0.15, 0.2) is 0 Å². The van der Waals surface area contributed by atoms with Crippen LogP contribution in [0.3, 0.4) is 0 Å². The van der Waals surface area contributed by atoms with Crippen molar-refractivity contribution >= 4 is 11.8 Å². The molecular weight excluding hydrogens is 569 g/mol. The molecule has 3 aliphatic heterocycles. The number of nitrogens with zero attached hydrogens (tertiary/aromatic N) is 2. The van der Waals surface area contributed by atoms with Gasteiger partial charge in [-0.3, -0.25) is 9.59 Å². The number of piperidine rings is 2. The first-order valence-corrected chi connectivity index (χ1v) is 14.0. The fourth-order valence-electron chi connectivity index (χ4n) is 6.51. The number of carbonyl (C=O) groups excluding carboxylic acids is 2. The van der Waals surface area contributed by atoms with Gasteiger partial charge in [0.05, 0.1) is 23.3 Å². The van der Waals surface area contributed by atoms with Crippen molar-refractivity contribution in [1.29, 1.82) is 0 Å². The Morgan fingerprint density at radius 1 is 0.929 bits per heavy atom. The highest BCUT2D eigenvalue weighted by Gasteiger charge is 2.51. The number of hydrogen-bond donors (Lipinski definition) is 0. The number of ether oxygens (including phenoxy) is 1. The second-order valence-corrected chi connectivity index (χ2v) is 11.4. The fraction of sp³-hybridized carbons (Fsp3) is 0.533. The number of amides is 2. The third-order valence-electron chi connectivity index (χ3n) is 8.59. The summed E-state index contributed by atoms with van der Waals surface area (Å²) < 4.78 is 101. The van der Waals surface area contributed by atoms with Crippen molar-refractivity contribution in [3.05, 3.63) is 70.5 Å². The Labute approximate surface area is 238 Å². The lowest BCUT2D eigenvalue weighted by Gasteiger charge is -2.39. The van der Waals surface area contributed by atoms with Crippen LogP contribution < -0.4 is 0 Å². The molecule has 0 spiro atoms. The van der Waals surface area contributed by atoms with E-state index in [0.29, 0.717) is 37.2 Å². The van der Waals surface area contributed by atoms with E-state index in [1.807, 2.05) is 0 Å². The first-order valence-electron chi connectivity index (χ1n) is 14.0. The lowest BCUT2D eigenvalue weighted by molar-refractivity contribution is -0.147.